The van der Waals surface area contributed by atoms with E-state index in [2.05, 4.69) is 24.8 Å². The Morgan fingerprint density at radius 2 is 2.07 bits per heavy atom. The fourth-order valence-corrected chi connectivity index (χ4v) is 4.79. The number of hydrogen-bond donors (Lipinski definition) is 2. The van der Waals surface area contributed by atoms with Gasteiger partial charge in [-0.2, -0.15) is 0 Å². The Hall–Kier alpha value is -2.28. The summed E-state index contributed by atoms with van der Waals surface area (Å²) in [6, 6.07) is 5.46. The van der Waals surface area contributed by atoms with Crippen LogP contribution in [0.5, 0.6) is 0 Å². The van der Waals surface area contributed by atoms with E-state index in [1.807, 2.05) is 0 Å². The van der Waals surface area contributed by atoms with Crippen LogP contribution in [0.1, 0.15) is 6.42 Å². The van der Waals surface area contributed by atoms with Crippen LogP contribution < -0.4 is 10.0 Å². The van der Waals surface area contributed by atoms with Crippen LogP contribution in [0.15, 0.2) is 34.2 Å². The van der Waals surface area contributed by atoms with Crippen molar-refractivity contribution in [2.75, 3.05) is 59.5 Å². The molecule has 0 spiro atoms. The van der Waals surface area contributed by atoms with Crippen molar-refractivity contribution >= 4 is 21.7 Å². The summed E-state index contributed by atoms with van der Waals surface area (Å²) < 4.78 is 32.6. The topological polar surface area (TPSA) is 129 Å². The minimum atomic E-state index is -3.83. The smallest absolute Gasteiger partial charge is 0.270 e. The van der Waals surface area contributed by atoms with Crippen LogP contribution in [0, 0.1) is 10.1 Å². The molecule has 1 unspecified atom stereocenters. The number of nitro groups is 1. The number of ether oxygens (including phenoxy) is 1. The third-order valence-electron chi connectivity index (χ3n) is 5.28. The molecular formula is C18H28N6O5S. The Morgan fingerprint density at radius 1 is 1.30 bits per heavy atom. The highest BCUT2D eigenvalue weighted by molar-refractivity contribution is 7.89. The Kier molecular flexibility index (Phi) is 7.58. The van der Waals surface area contributed by atoms with E-state index in [1.54, 1.807) is 7.05 Å². The monoisotopic (exact) mass is 440 g/mol. The molecule has 2 aliphatic rings. The summed E-state index contributed by atoms with van der Waals surface area (Å²) in [4.78, 5) is 19.0. The van der Waals surface area contributed by atoms with Gasteiger partial charge in [-0.3, -0.25) is 20.0 Å². The normalized spacial score (nSPS) is 21.0. The number of aliphatic imine (C=N–C) groups is 1. The second-order valence-corrected chi connectivity index (χ2v) is 8.93. The number of nitrogens with zero attached hydrogens (tertiary/aromatic N) is 4. The molecule has 0 aliphatic carbocycles. The van der Waals surface area contributed by atoms with Crippen molar-refractivity contribution in [2.45, 2.75) is 17.4 Å². The van der Waals surface area contributed by atoms with Crippen LogP contribution in [0.25, 0.3) is 0 Å². The van der Waals surface area contributed by atoms with Gasteiger partial charge in [0.25, 0.3) is 5.69 Å². The number of likely N-dealkylation sites (tertiary alicyclic amines) is 1. The van der Waals surface area contributed by atoms with Gasteiger partial charge in [0, 0.05) is 64.5 Å². The van der Waals surface area contributed by atoms with Gasteiger partial charge >= 0.3 is 0 Å². The molecule has 2 fully saturated rings. The SMILES string of the molecule is CN=C(NCCNS(=O)(=O)c1cccc([N+](=O)[O-])c1)N1CCC(N2CCOCC2)C1. The molecule has 2 aliphatic heterocycles. The number of nitro benzene ring substituents is 1. The van der Waals surface area contributed by atoms with Gasteiger partial charge in [0.2, 0.25) is 10.0 Å². The minimum Gasteiger partial charge on any atom is -0.379 e. The van der Waals surface area contributed by atoms with Crippen LogP contribution in [-0.2, 0) is 14.8 Å². The summed E-state index contributed by atoms with van der Waals surface area (Å²) >= 11 is 0. The second kappa shape index (κ2) is 10.2. The first-order chi connectivity index (χ1) is 14.4. The molecule has 1 aromatic carbocycles. The Balaban J connectivity index is 1.47. The molecule has 0 radical (unpaired) electrons. The van der Waals surface area contributed by atoms with Gasteiger partial charge in [0.05, 0.1) is 23.0 Å². The quantitative estimate of drug-likeness (QED) is 0.197. The second-order valence-electron chi connectivity index (χ2n) is 7.16. The van der Waals surface area contributed by atoms with Crippen molar-refractivity contribution in [3.8, 4) is 0 Å². The van der Waals surface area contributed by atoms with E-state index in [0.29, 0.717) is 12.6 Å². The number of nitrogens with one attached hydrogen (secondary N) is 2. The Bertz CT molecular complexity index is 872. The maximum atomic E-state index is 12.4. The van der Waals surface area contributed by atoms with Crippen molar-refractivity contribution in [3.63, 3.8) is 0 Å². The van der Waals surface area contributed by atoms with Gasteiger partial charge < -0.3 is 15.0 Å². The lowest BCUT2D eigenvalue weighted by Gasteiger charge is -2.32. The van der Waals surface area contributed by atoms with Gasteiger partial charge in [-0.1, -0.05) is 6.07 Å². The van der Waals surface area contributed by atoms with E-state index in [-0.39, 0.29) is 17.1 Å². The number of non-ortho nitro benzene ring substituents is 1. The lowest BCUT2D eigenvalue weighted by molar-refractivity contribution is -0.385. The summed E-state index contributed by atoms with van der Waals surface area (Å²) in [5.41, 5.74) is -0.264. The molecule has 11 nitrogen and oxygen atoms in total. The molecule has 0 amide bonds. The number of hydrogen-bond acceptors (Lipinski definition) is 7. The summed E-state index contributed by atoms with van der Waals surface area (Å²) in [6.07, 6.45) is 1.06. The molecular weight excluding hydrogens is 412 g/mol. The van der Waals surface area contributed by atoms with Crippen molar-refractivity contribution in [1.29, 1.82) is 0 Å². The molecule has 12 heteroatoms. The molecule has 2 heterocycles. The van der Waals surface area contributed by atoms with Crippen LogP contribution in [-0.4, -0.2) is 94.7 Å². The Labute approximate surface area is 176 Å². The highest BCUT2D eigenvalue weighted by Gasteiger charge is 2.30. The van der Waals surface area contributed by atoms with Crippen LogP contribution >= 0.6 is 0 Å². The molecule has 1 aromatic rings. The van der Waals surface area contributed by atoms with E-state index in [4.69, 9.17) is 4.74 Å². The molecule has 166 valence electrons. The summed E-state index contributed by atoms with van der Waals surface area (Å²) in [6.45, 7) is 5.68. The zero-order valence-corrected chi connectivity index (χ0v) is 17.8. The predicted octanol–water partition coefficient (Wildman–Crippen LogP) is -0.145. The molecule has 3 rings (SSSR count). The number of rotatable bonds is 7. The van der Waals surface area contributed by atoms with Crippen LogP contribution in [0.3, 0.4) is 0 Å². The van der Waals surface area contributed by atoms with E-state index in [9.17, 15) is 18.5 Å². The third kappa shape index (κ3) is 5.65. The van der Waals surface area contributed by atoms with Gasteiger partial charge in [-0.05, 0) is 12.5 Å². The molecule has 30 heavy (non-hydrogen) atoms. The molecule has 2 N–H and O–H groups in total. The predicted molar refractivity (Wildman–Crippen MR) is 112 cm³/mol. The summed E-state index contributed by atoms with van der Waals surface area (Å²) in [5.74, 6) is 0.736. The Morgan fingerprint density at radius 3 is 2.77 bits per heavy atom. The van der Waals surface area contributed by atoms with E-state index in [0.717, 1.165) is 57.8 Å². The number of morpholine rings is 1. The standard InChI is InChI=1S/C18H28N6O5S/c1-19-18(23-8-5-16(14-23)22-9-11-29-12-10-22)20-6-7-21-30(27,28)17-4-2-3-15(13-17)24(25)26/h2-4,13,16,21H,5-12,14H2,1H3,(H,19,20). The van der Waals surface area contributed by atoms with Crippen molar-refractivity contribution in [2.24, 2.45) is 4.99 Å². The average molecular weight is 441 g/mol. The molecule has 1 atom stereocenters. The minimum absolute atomic E-state index is 0.130. The first-order valence-corrected chi connectivity index (χ1v) is 11.4. The summed E-state index contributed by atoms with van der Waals surface area (Å²) in [7, 11) is -2.12. The van der Waals surface area contributed by atoms with Crippen molar-refractivity contribution in [1.82, 2.24) is 19.8 Å². The first-order valence-electron chi connectivity index (χ1n) is 9.92. The number of sulfonamides is 1. The molecule has 0 saturated carbocycles. The van der Waals surface area contributed by atoms with Gasteiger partial charge in [-0.15, -0.1) is 0 Å². The maximum Gasteiger partial charge on any atom is 0.270 e. The fourth-order valence-electron chi connectivity index (χ4n) is 3.71. The van der Waals surface area contributed by atoms with Crippen LogP contribution in [0.4, 0.5) is 5.69 Å². The zero-order chi connectivity index (χ0) is 21.6. The summed E-state index contributed by atoms with van der Waals surface area (Å²) in [5, 5.41) is 14.0. The number of benzene rings is 1. The number of guanidine groups is 1. The van der Waals surface area contributed by atoms with E-state index < -0.39 is 14.9 Å². The zero-order valence-electron chi connectivity index (χ0n) is 17.0. The average Bonchev–Trinajstić information content (AvgIpc) is 3.24. The molecule has 0 aromatic heterocycles. The van der Waals surface area contributed by atoms with E-state index in [1.165, 1.54) is 18.2 Å². The highest BCUT2D eigenvalue weighted by Crippen LogP contribution is 2.18. The van der Waals surface area contributed by atoms with E-state index >= 15 is 0 Å². The maximum absolute atomic E-state index is 12.4. The third-order valence-corrected chi connectivity index (χ3v) is 6.73. The van der Waals surface area contributed by atoms with Gasteiger partial charge in [0.15, 0.2) is 5.96 Å². The van der Waals surface area contributed by atoms with Crippen molar-refractivity contribution < 1.29 is 18.1 Å². The lowest BCUT2D eigenvalue weighted by atomic mass is 10.2. The first kappa shape index (κ1) is 22.4. The largest absolute Gasteiger partial charge is 0.379 e. The highest BCUT2D eigenvalue weighted by atomic mass is 32.2. The van der Waals surface area contributed by atoms with Gasteiger partial charge in [-0.25, -0.2) is 13.1 Å². The van der Waals surface area contributed by atoms with Crippen molar-refractivity contribution in [3.05, 3.63) is 34.4 Å². The molecule has 0 bridgehead atoms. The fraction of sp³-hybridized carbons (Fsp3) is 0.611. The van der Waals surface area contributed by atoms with Crippen LogP contribution in [0.2, 0.25) is 0 Å². The molecule has 2 saturated heterocycles. The van der Waals surface area contributed by atoms with Gasteiger partial charge in [0.1, 0.15) is 0 Å². The lowest BCUT2D eigenvalue weighted by Crippen LogP contribution is -2.47.